The van der Waals surface area contributed by atoms with Gasteiger partial charge in [-0.2, -0.15) is 0 Å². The third-order valence-corrected chi connectivity index (χ3v) is 5.57. The van der Waals surface area contributed by atoms with Gasteiger partial charge >= 0.3 is 0 Å². The molecule has 0 radical (unpaired) electrons. The lowest BCUT2D eigenvalue weighted by Gasteiger charge is -2.09. The third kappa shape index (κ3) is 3.36. The van der Waals surface area contributed by atoms with Gasteiger partial charge in [0, 0.05) is 34.8 Å². The number of aromatic hydroxyl groups is 2. The zero-order valence-corrected chi connectivity index (χ0v) is 17.4. The van der Waals surface area contributed by atoms with Crippen molar-refractivity contribution in [1.29, 1.82) is 0 Å². The Kier molecular flexibility index (Phi) is 5.32. The average molecular weight is 406 g/mol. The number of aromatic amines is 1. The van der Waals surface area contributed by atoms with Crippen LogP contribution in [0, 0.1) is 0 Å². The summed E-state index contributed by atoms with van der Waals surface area (Å²) >= 11 is 0. The number of phenols is 2. The Balaban J connectivity index is 1.93. The van der Waals surface area contributed by atoms with Crippen LogP contribution in [0.2, 0.25) is 0 Å². The maximum absolute atomic E-state index is 12.6. The van der Waals surface area contributed by atoms with Gasteiger partial charge in [0.15, 0.2) is 0 Å². The smallest absolute Gasteiger partial charge is 0.274 e. The molecule has 0 saturated heterocycles. The fourth-order valence-electron chi connectivity index (χ4n) is 4.03. The molecule has 0 bridgehead atoms. The molecule has 30 heavy (non-hydrogen) atoms. The lowest BCUT2D eigenvalue weighted by molar-refractivity contribution is -0.112. The minimum absolute atomic E-state index is 0.0633. The number of nitrogens with one attached hydrogen (secondary N) is 2. The van der Waals surface area contributed by atoms with E-state index in [0.717, 1.165) is 40.6 Å². The zero-order valence-electron chi connectivity index (χ0n) is 17.4. The Labute approximate surface area is 174 Å². The van der Waals surface area contributed by atoms with Crippen LogP contribution in [0.4, 0.5) is 0 Å². The molecule has 7 heteroatoms. The van der Waals surface area contributed by atoms with Gasteiger partial charge in [0.2, 0.25) is 0 Å². The molecule has 156 valence electrons. The first-order chi connectivity index (χ1) is 14.4. The topological polar surface area (TPSA) is 101 Å². The Hall–Kier alpha value is -3.16. The normalized spacial score (nSPS) is 13.3. The molecule has 3 aromatic rings. The number of carbonyl (C=O) groups excluding carboxylic acids is 1. The van der Waals surface area contributed by atoms with Crippen molar-refractivity contribution in [3.63, 3.8) is 0 Å². The van der Waals surface area contributed by atoms with Crippen molar-refractivity contribution in [2.24, 2.45) is 4.99 Å². The number of hydrogen-bond donors (Lipinski definition) is 4. The number of nitrogens with zero attached hydrogens (tertiary/aromatic N) is 2. The van der Waals surface area contributed by atoms with Gasteiger partial charge in [-0.25, -0.2) is 4.99 Å². The molecule has 0 saturated carbocycles. The highest BCUT2D eigenvalue weighted by Crippen LogP contribution is 2.35. The summed E-state index contributed by atoms with van der Waals surface area (Å²) < 4.78 is 0. The van der Waals surface area contributed by atoms with E-state index in [-0.39, 0.29) is 17.4 Å². The first-order valence-corrected chi connectivity index (χ1v) is 10.0. The maximum atomic E-state index is 12.6. The maximum Gasteiger partial charge on any atom is 0.274 e. The van der Waals surface area contributed by atoms with E-state index >= 15 is 0 Å². The van der Waals surface area contributed by atoms with Crippen LogP contribution in [0.15, 0.2) is 35.5 Å². The predicted octanol–water partition coefficient (Wildman–Crippen LogP) is 1.27. The highest BCUT2D eigenvalue weighted by Gasteiger charge is 2.23. The summed E-state index contributed by atoms with van der Waals surface area (Å²) in [6.07, 6.45) is 3.19. The molecular formula is C23H26N4O3. The average Bonchev–Trinajstić information content (AvgIpc) is 3.28. The van der Waals surface area contributed by atoms with Gasteiger partial charge in [-0.3, -0.25) is 4.79 Å². The highest BCUT2D eigenvalue weighted by molar-refractivity contribution is 6.16. The molecule has 7 nitrogen and oxygen atoms in total. The molecule has 4 rings (SSSR count). The minimum atomic E-state index is -0.300. The van der Waals surface area contributed by atoms with E-state index in [0.29, 0.717) is 29.1 Å². The number of rotatable bonds is 7. The van der Waals surface area contributed by atoms with Gasteiger partial charge in [-0.1, -0.05) is 0 Å². The SMILES string of the molecule is CNCCc1c[nH]c2c(-c3ccc(O)c4c3=NC(=O)C=4CCN(C)C)ccc(O)c12. The summed E-state index contributed by atoms with van der Waals surface area (Å²) in [5.74, 6) is -0.0260. The number of fused-ring (bicyclic) bond motifs is 2. The molecule has 0 aliphatic carbocycles. The lowest BCUT2D eigenvalue weighted by Crippen LogP contribution is -2.27. The van der Waals surface area contributed by atoms with E-state index in [1.54, 1.807) is 18.2 Å². The van der Waals surface area contributed by atoms with E-state index in [1.807, 2.05) is 38.3 Å². The van der Waals surface area contributed by atoms with E-state index in [4.69, 9.17) is 0 Å². The molecule has 0 unspecified atom stereocenters. The van der Waals surface area contributed by atoms with Crippen molar-refractivity contribution >= 4 is 22.4 Å². The Bertz CT molecular complexity index is 1260. The summed E-state index contributed by atoms with van der Waals surface area (Å²) in [6.45, 7) is 1.48. The van der Waals surface area contributed by atoms with Crippen LogP contribution in [-0.2, 0) is 11.2 Å². The van der Waals surface area contributed by atoms with Crippen molar-refractivity contribution < 1.29 is 15.0 Å². The Morgan fingerprint density at radius 2 is 1.80 bits per heavy atom. The Morgan fingerprint density at radius 3 is 2.53 bits per heavy atom. The van der Waals surface area contributed by atoms with Gasteiger partial charge in [0.1, 0.15) is 11.5 Å². The number of benzene rings is 2. The molecule has 0 fully saturated rings. The molecule has 0 spiro atoms. The second-order valence-electron chi connectivity index (χ2n) is 7.85. The van der Waals surface area contributed by atoms with Gasteiger partial charge in [0.05, 0.1) is 16.1 Å². The highest BCUT2D eigenvalue weighted by atomic mass is 16.3. The van der Waals surface area contributed by atoms with Gasteiger partial charge in [-0.15, -0.1) is 0 Å². The first kappa shape index (κ1) is 20.1. The number of H-pyrrole nitrogens is 1. The number of carbonyl (C=O) groups is 1. The van der Waals surface area contributed by atoms with Crippen LogP contribution in [0.3, 0.4) is 0 Å². The number of hydrogen-bond acceptors (Lipinski definition) is 5. The standard InChI is InChI=1S/C23H26N4O3/c1-24-10-8-13-12-25-21-14(4-6-17(28)19(13)21)15-5-7-18(29)20-16(9-11-27(2)3)23(30)26-22(15)20/h4-7,12,24-25,28-29H,8-11H2,1-3H3. The van der Waals surface area contributed by atoms with Crippen molar-refractivity contribution in [3.05, 3.63) is 46.6 Å². The quantitative estimate of drug-likeness (QED) is 0.473. The monoisotopic (exact) mass is 406 g/mol. The fourth-order valence-corrected chi connectivity index (χ4v) is 4.03. The van der Waals surface area contributed by atoms with E-state index in [1.165, 1.54) is 0 Å². The summed E-state index contributed by atoms with van der Waals surface area (Å²) in [5.41, 5.74) is 3.93. The second kappa shape index (κ2) is 7.93. The summed E-state index contributed by atoms with van der Waals surface area (Å²) in [4.78, 5) is 22.2. The van der Waals surface area contributed by atoms with Crippen LogP contribution in [0.1, 0.15) is 12.0 Å². The molecule has 1 aromatic heterocycles. The number of aromatic nitrogens is 1. The van der Waals surface area contributed by atoms with Crippen molar-refractivity contribution in [1.82, 2.24) is 15.2 Å². The molecule has 4 N–H and O–H groups in total. The van der Waals surface area contributed by atoms with Crippen LogP contribution < -0.4 is 15.9 Å². The molecular weight excluding hydrogens is 380 g/mol. The van der Waals surface area contributed by atoms with Crippen LogP contribution in [0.5, 0.6) is 11.5 Å². The molecule has 2 aromatic carbocycles. The summed E-state index contributed by atoms with van der Waals surface area (Å²) in [5, 5.41) is 25.9. The van der Waals surface area contributed by atoms with Crippen LogP contribution in [-0.4, -0.2) is 60.2 Å². The van der Waals surface area contributed by atoms with E-state index < -0.39 is 0 Å². The third-order valence-electron chi connectivity index (χ3n) is 5.57. The molecule has 1 aliphatic rings. The van der Waals surface area contributed by atoms with E-state index in [2.05, 4.69) is 15.3 Å². The molecule has 1 amide bonds. The van der Waals surface area contributed by atoms with Crippen molar-refractivity contribution in [3.8, 4) is 22.6 Å². The molecule has 1 aliphatic heterocycles. The zero-order chi connectivity index (χ0) is 21.4. The van der Waals surface area contributed by atoms with Crippen LogP contribution in [0.25, 0.3) is 27.6 Å². The number of phenolic OH excluding ortho intramolecular Hbond substituents is 2. The number of amides is 1. The van der Waals surface area contributed by atoms with Crippen molar-refractivity contribution in [2.75, 3.05) is 34.2 Å². The summed E-state index contributed by atoms with van der Waals surface area (Å²) in [6, 6.07) is 6.88. The van der Waals surface area contributed by atoms with Gasteiger partial charge in [-0.05, 0) is 70.4 Å². The van der Waals surface area contributed by atoms with Gasteiger partial charge in [0.25, 0.3) is 5.91 Å². The molecule has 0 atom stereocenters. The lowest BCUT2D eigenvalue weighted by atomic mass is 9.98. The second-order valence-corrected chi connectivity index (χ2v) is 7.85. The van der Waals surface area contributed by atoms with Gasteiger partial charge < -0.3 is 25.4 Å². The Morgan fingerprint density at radius 1 is 1.07 bits per heavy atom. The number of likely N-dealkylation sites (N-methyl/N-ethyl adjacent to an activating group) is 1. The minimum Gasteiger partial charge on any atom is -0.507 e. The van der Waals surface area contributed by atoms with Crippen LogP contribution >= 0.6 is 0 Å². The molecule has 2 heterocycles. The predicted molar refractivity (Wildman–Crippen MR) is 117 cm³/mol. The largest absolute Gasteiger partial charge is 0.507 e. The van der Waals surface area contributed by atoms with Crippen molar-refractivity contribution in [2.45, 2.75) is 12.8 Å². The fraction of sp³-hybridized carbons (Fsp3) is 0.304. The summed E-state index contributed by atoms with van der Waals surface area (Å²) in [7, 11) is 5.78. The van der Waals surface area contributed by atoms with E-state index in [9.17, 15) is 15.0 Å². The first-order valence-electron chi connectivity index (χ1n) is 10.0.